The summed E-state index contributed by atoms with van der Waals surface area (Å²) in [6.45, 7) is 0.943. The summed E-state index contributed by atoms with van der Waals surface area (Å²) in [6, 6.07) is 3.79. The van der Waals surface area contributed by atoms with Crippen molar-refractivity contribution in [1.29, 1.82) is 0 Å². The van der Waals surface area contributed by atoms with Crippen molar-refractivity contribution in [3.05, 3.63) is 28.5 Å². The third-order valence-corrected chi connectivity index (χ3v) is 3.45. The fourth-order valence-electron chi connectivity index (χ4n) is 2.06. The van der Waals surface area contributed by atoms with Gasteiger partial charge in [-0.2, -0.15) is 0 Å². The number of piperidine rings is 1. The van der Waals surface area contributed by atoms with Gasteiger partial charge in [-0.05, 0) is 47.4 Å². The highest BCUT2D eigenvalue weighted by Gasteiger charge is 2.23. The molecular weight excluding hydrogens is 271 g/mol. The molecule has 0 radical (unpaired) electrons. The Labute approximate surface area is 104 Å². The summed E-state index contributed by atoms with van der Waals surface area (Å²) in [4.78, 5) is 4.20. The number of aromatic nitrogens is 1. The Morgan fingerprint density at radius 2 is 2.38 bits per heavy atom. The number of nitrogens with zero attached hydrogens (tertiary/aromatic N) is 1. The number of nitrogens with one attached hydrogen (secondary N) is 1. The average molecular weight is 287 g/mol. The molecule has 1 saturated heterocycles. The van der Waals surface area contributed by atoms with E-state index in [1.807, 2.05) is 12.1 Å². The molecule has 1 aliphatic rings. The van der Waals surface area contributed by atoms with E-state index in [1.54, 1.807) is 6.20 Å². The second-order valence-electron chi connectivity index (χ2n) is 4.24. The quantitative estimate of drug-likeness (QED) is 0.924. The highest BCUT2D eigenvalue weighted by Crippen LogP contribution is 2.17. The molecule has 2 unspecified atom stereocenters. The minimum Gasteiger partial charge on any atom is -0.311 e. The summed E-state index contributed by atoms with van der Waals surface area (Å²) in [5.41, 5.74) is 0.822. The van der Waals surface area contributed by atoms with Gasteiger partial charge in [0.1, 0.15) is 6.17 Å². The number of rotatable bonds is 3. The average Bonchev–Trinajstić information content (AvgIpc) is 2.33. The van der Waals surface area contributed by atoms with Crippen LogP contribution in [0, 0.1) is 0 Å². The van der Waals surface area contributed by atoms with E-state index < -0.39 is 6.17 Å². The Morgan fingerprint density at radius 3 is 3.00 bits per heavy atom. The fourth-order valence-corrected chi connectivity index (χ4v) is 2.29. The molecule has 1 aromatic rings. The Kier molecular flexibility index (Phi) is 4.29. The maximum absolute atomic E-state index is 14.0. The molecule has 4 heteroatoms. The van der Waals surface area contributed by atoms with E-state index in [0.29, 0.717) is 6.42 Å². The number of hydrogen-bond donors (Lipinski definition) is 1. The summed E-state index contributed by atoms with van der Waals surface area (Å²) in [5.74, 6) is 0. The summed E-state index contributed by atoms with van der Waals surface area (Å²) in [7, 11) is 0. The Balaban J connectivity index is 1.90. The molecule has 2 rings (SSSR count). The molecule has 0 amide bonds. The molecule has 0 aromatic carbocycles. The van der Waals surface area contributed by atoms with Crippen LogP contribution in [0.3, 0.4) is 0 Å². The first-order valence-electron chi connectivity index (χ1n) is 5.73. The van der Waals surface area contributed by atoms with Crippen molar-refractivity contribution in [2.24, 2.45) is 0 Å². The van der Waals surface area contributed by atoms with Gasteiger partial charge in [0.05, 0.1) is 0 Å². The van der Waals surface area contributed by atoms with Gasteiger partial charge in [-0.3, -0.25) is 4.98 Å². The number of alkyl halides is 1. The largest absolute Gasteiger partial charge is 0.311 e. The van der Waals surface area contributed by atoms with Crippen LogP contribution in [0.4, 0.5) is 4.39 Å². The second kappa shape index (κ2) is 5.73. The first kappa shape index (κ1) is 12.0. The zero-order valence-corrected chi connectivity index (χ0v) is 10.7. The molecular formula is C12H16BrFN2. The first-order chi connectivity index (χ1) is 7.75. The summed E-state index contributed by atoms with van der Waals surface area (Å²) >= 11 is 3.32. The van der Waals surface area contributed by atoms with E-state index in [0.717, 1.165) is 29.6 Å². The third-order valence-electron chi connectivity index (χ3n) is 2.98. The molecule has 2 atom stereocenters. The van der Waals surface area contributed by atoms with Crippen LogP contribution in [0.15, 0.2) is 22.8 Å². The maximum Gasteiger partial charge on any atom is 0.121 e. The van der Waals surface area contributed by atoms with Gasteiger partial charge in [0.15, 0.2) is 0 Å². The second-order valence-corrected chi connectivity index (χ2v) is 5.16. The van der Waals surface area contributed by atoms with Crippen LogP contribution in [0.2, 0.25) is 0 Å². The fraction of sp³-hybridized carbons (Fsp3) is 0.583. The van der Waals surface area contributed by atoms with Crippen LogP contribution >= 0.6 is 15.9 Å². The molecule has 2 heterocycles. The monoisotopic (exact) mass is 286 g/mol. The van der Waals surface area contributed by atoms with Gasteiger partial charge in [-0.1, -0.05) is 6.42 Å². The van der Waals surface area contributed by atoms with E-state index in [4.69, 9.17) is 0 Å². The minimum atomic E-state index is -0.825. The van der Waals surface area contributed by atoms with Crippen molar-refractivity contribution >= 4 is 15.9 Å². The highest BCUT2D eigenvalue weighted by molar-refractivity contribution is 9.10. The van der Waals surface area contributed by atoms with Crippen molar-refractivity contribution in [3.63, 3.8) is 0 Å². The van der Waals surface area contributed by atoms with Crippen molar-refractivity contribution in [3.8, 4) is 0 Å². The SMILES string of the molecule is FC(Cc1ccc(Br)cn1)C1CCCCN1. The molecule has 1 fully saturated rings. The van der Waals surface area contributed by atoms with Gasteiger partial charge < -0.3 is 5.32 Å². The van der Waals surface area contributed by atoms with Gasteiger partial charge in [-0.15, -0.1) is 0 Å². The smallest absolute Gasteiger partial charge is 0.121 e. The topological polar surface area (TPSA) is 24.9 Å². The number of hydrogen-bond acceptors (Lipinski definition) is 2. The molecule has 1 aliphatic heterocycles. The molecule has 0 aliphatic carbocycles. The highest BCUT2D eigenvalue weighted by atomic mass is 79.9. The Bertz CT molecular complexity index is 322. The lowest BCUT2D eigenvalue weighted by molar-refractivity contribution is 0.216. The minimum absolute atomic E-state index is 0.0131. The number of pyridine rings is 1. The Morgan fingerprint density at radius 1 is 1.50 bits per heavy atom. The van der Waals surface area contributed by atoms with Gasteiger partial charge >= 0.3 is 0 Å². The number of halogens is 2. The summed E-state index contributed by atoms with van der Waals surface area (Å²) in [5, 5.41) is 3.24. The van der Waals surface area contributed by atoms with Gasteiger partial charge in [-0.25, -0.2) is 4.39 Å². The van der Waals surface area contributed by atoms with Crippen molar-refractivity contribution in [2.75, 3.05) is 6.54 Å². The molecule has 16 heavy (non-hydrogen) atoms. The third kappa shape index (κ3) is 3.25. The van der Waals surface area contributed by atoms with Crippen LogP contribution in [0.5, 0.6) is 0 Å². The van der Waals surface area contributed by atoms with Crippen LogP contribution in [-0.2, 0) is 6.42 Å². The maximum atomic E-state index is 14.0. The summed E-state index contributed by atoms with van der Waals surface area (Å²) in [6.07, 6.45) is 4.54. The van der Waals surface area contributed by atoms with Crippen molar-refractivity contribution < 1.29 is 4.39 Å². The van der Waals surface area contributed by atoms with Gasteiger partial charge in [0, 0.05) is 28.8 Å². The first-order valence-corrected chi connectivity index (χ1v) is 6.53. The van der Waals surface area contributed by atoms with E-state index >= 15 is 0 Å². The summed E-state index contributed by atoms with van der Waals surface area (Å²) < 4.78 is 14.9. The predicted octanol–water partition coefficient (Wildman–Crippen LogP) is 2.87. The Hall–Kier alpha value is -0.480. The molecule has 0 bridgehead atoms. The standard InChI is InChI=1S/C12H16BrFN2/c13-9-4-5-10(16-8-9)7-11(14)12-3-1-2-6-15-12/h4-5,8,11-12,15H,1-3,6-7H2. The molecule has 1 N–H and O–H groups in total. The zero-order valence-electron chi connectivity index (χ0n) is 9.13. The van der Waals surface area contributed by atoms with E-state index in [1.165, 1.54) is 6.42 Å². The van der Waals surface area contributed by atoms with E-state index in [9.17, 15) is 4.39 Å². The normalized spacial score (nSPS) is 23.0. The van der Waals surface area contributed by atoms with E-state index in [2.05, 4.69) is 26.2 Å². The lowest BCUT2D eigenvalue weighted by Crippen LogP contribution is -2.42. The zero-order chi connectivity index (χ0) is 11.4. The van der Waals surface area contributed by atoms with Gasteiger partial charge in [0.25, 0.3) is 0 Å². The van der Waals surface area contributed by atoms with Crippen LogP contribution in [0.25, 0.3) is 0 Å². The van der Waals surface area contributed by atoms with E-state index in [-0.39, 0.29) is 6.04 Å². The van der Waals surface area contributed by atoms with Crippen molar-refractivity contribution in [1.82, 2.24) is 10.3 Å². The molecule has 2 nitrogen and oxygen atoms in total. The van der Waals surface area contributed by atoms with Crippen LogP contribution in [0.1, 0.15) is 25.0 Å². The molecule has 0 saturated carbocycles. The van der Waals surface area contributed by atoms with Crippen molar-refractivity contribution in [2.45, 2.75) is 37.9 Å². The van der Waals surface area contributed by atoms with Gasteiger partial charge in [0.2, 0.25) is 0 Å². The molecule has 88 valence electrons. The van der Waals surface area contributed by atoms with Crippen LogP contribution in [-0.4, -0.2) is 23.7 Å². The van der Waals surface area contributed by atoms with Crippen LogP contribution < -0.4 is 5.32 Å². The molecule has 1 aromatic heterocycles. The lowest BCUT2D eigenvalue weighted by Gasteiger charge is -2.26. The lowest BCUT2D eigenvalue weighted by atomic mass is 9.98. The predicted molar refractivity (Wildman–Crippen MR) is 66.2 cm³/mol. The molecule has 0 spiro atoms.